The SMILES string of the molecule is CN=C(NCC(C(C)C)N1CCCC1)NCC(C)(C)SC.I. The van der Waals surface area contributed by atoms with Crippen molar-refractivity contribution in [2.24, 2.45) is 10.9 Å². The lowest BCUT2D eigenvalue weighted by Gasteiger charge is -2.32. The lowest BCUT2D eigenvalue weighted by molar-refractivity contribution is 0.192. The molecule has 1 heterocycles. The minimum Gasteiger partial charge on any atom is -0.355 e. The van der Waals surface area contributed by atoms with Gasteiger partial charge in [-0.15, -0.1) is 24.0 Å². The predicted molar refractivity (Wildman–Crippen MR) is 112 cm³/mol. The van der Waals surface area contributed by atoms with E-state index >= 15 is 0 Å². The molecule has 4 nitrogen and oxygen atoms in total. The maximum absolute atomic E-state index is 4.35. The number of likely N-dealkylation sites (tertiary alicyclic amines) is 1. The fourth-order valence-electron chi connectivity index (χ4n) is 2.65. The Morgan fingerprint density at radius 1 is 1.23 bits per heavy atom. The largest absolute Gasteiger partial charge is 0.355 e. The summed E-state index contributed by atoms with van der Waals surface area (Å²) in [7, 11) is 1.85. The van der Waals surface area contributed by atoms with Crippen LogP contribution in [0.25, 0.3) is 0 Å². The number of hydrogen-bond donors (Lipinski definition) is 2. The first kappa shape index (κ1) is 22.3. The molecule has 1 aliphatic rings. The first-order chi connectivity index (χ1) is 9.89. The maximum Gasteiger partial charge on any atom is 0.191 e. The minimum atomic E-state index is 0. The van der Waals surface area contributed by atoms with Gasteiger partial charge in [0.2, 0.25) is 0 Å². The monoisotopic (exact) mass is 442 g/mol. The van der Waals surface area contributed by atoms with Crippen LogP contribution in [0.3, 0.4) is 0 Å². The van der Waals surface area contributed by atoms with E-state index in [1.165, 1.54) is 25.9 Å². The smallest absolute Gasteiger partial charge is 0.191 e. The summed E-state index contributed by atoms with van der Waals surface area (Å²) in [5, 5.41) is 6.96. The van der Waals surface area contributed by atoms with Crippen molar-refractivity contribution in [2.75, 3.05) is 39.5 Å². The summed E-state index contributed by atoms with van der Waals surface area (Å²) in [6.45, 7) is 13.5. The Bertz CT molecular complexity index is 328. The van der Waals surface area contributed by atoms with Crippen molar-refractivity contribution < 1.29 is 0 Å². The minimum absolute atomic E-state index is 0. The Kier molecular flexibility index (Phi) is 11.1. The van der Waals surface area contributed by atoms with E-state index in [1.807, 2.05) is 18.8 Å². The van der Waals surface area contributed by atoms with Crippen LogP contribution in [-0.2, 0) is 0 Å². The van der Waals surface area contributed by atoms with Crippen molar-refractivity contribution >= 4 is 41.7 Å². The summed E-state index contributed by atoms with van der Waals surface area (Å²) in [6, 6.07) is 0.597. The van der Waals surface area contributed by atoms with E-state index in [1.54, 1.807) is 0 Å². The number of guanidine groups is 1. The fraction of sp³-hybridized carbons (Fsp3) is 0.938. The van der Waals surface area contributed by atoms with E-state index in [0.717, 1.165) is 19.0 Å². The zero-order valence-corrected chi connectivity index (χ0v) is 18.3. The van der Waals surface area contributed by atoms with Gasteiger partial charge < -0.3 is 10.6 Å². The number of nitrogens with zero attached hydrogens (tertiary/aromatic N) is 2. The van der Waals surface area contributed by atoms with E-state index in [9.17, 15) is 0 Å². The molecule has 0 aromatic rings. The maximum atomic E-state index is 4.35. The van der Waals surface area contributed by atoms with Crippen LogP contribution in [0, 0.1) is 5.92 Å². The number of aliphatic imine (C=N–C) groups is 1. The summed E-state index contributed by atoms with van der Waals surface area (Å²) in [5.41, 5.74) is 0. The zero-order valence-electron chi connectivity index (χ0n) is 15.1. The third-order valence-corrected chi connectivity index (χ3v) is 5.57. The third-order valence-electron chi connectivity index (χ3n) is 4.32. The molecule has 1 unspecified atom stereocenters. The number of rotatable bonds is 7. The standard InChI is InChI=1S/C16H34N4S.HI/c1-13(2)14(20-9-7-8-10-20)11-18-15(17-5)19-12-16(3,4)21-6;/h13-14H,7-12H2,1-6H3,(H2,17,18,19);1H. The van der Waals surface area contributed by atoms with Crippen molar-refractivity contribution in [1.82, 2.24) is 15.5 Å². The Hall–Kier alpha value is 0.310. The van der Waals surface area contributed by atoms with Gasteiger partial charge >= 0.3 is 0 Å². The lowest BCUT2D eigenvalue weighted by Crippen LogP contribution is -2.50. The third kappa shape index (κ3) is 7.73. The molecular formula is C16H35IN4S. The summed E-state index contributed by atoms with van der Waals surface area (Å²) >= 11 is 1.88. The number of thioether (sulfide) groups is 1. The highest BCUT2D eigenvalue weighted by molar-refractivity contribution is 14.0. The van der Waals surface area contributed by atoms with Crippen molar-refractivity contribution in [3.8, 4) is 0 Å². The second-order valence-electron chi connectivity index (χ2n) is 6.82. The number of hydrogen-bond acceptors (Lipinski definition) is 3. The van der Waals surface area contributed by atoms with Gasteiger partial charge in [-0.3, -0.25) is 9.89 Å². The topological polar surface area (TPSA) is 39.7 Å². The van der Waals surface area contributed by atoms with Crippen molar-refractivity contribution in [1.29, 1.82) is 0 Å². The Morgan fingerprint density at radius 2 is 1.82 bits per heavy atom. The van der Waals surface area contributed by atoms with Crippen LogP contribution in [0.1, 0.15) is 40.5 Å². The average molecular weight is 442 g/mol. The molecular weight excluding hydrogens is 407 g/mol. The average Bonchev–Trinajstić information content (AvgIpc) is 2.96. The number of halogens is 1. The van der Waals surface area contributed by atoms with Crippen LogP contribution >= 0.6 is 35.7 Å². The van der Waals surface area contributed by atoms with Gasteiger partial charge in [-0.05, 0) is 52.0 Å². The Balaban J connectivity index is 0.00000441. The van der Waals surface area contributed by atoms with E-state index in [4.69, 9.17) is 0 Å². The summed E-state index contributed by atoms with van der Waals surface area (Å²) in [5.74, 6) is 1.58. The predicted octanol–water partition coefficient (Wildman–Crippen LogP) is 3.03. The van der Waals surface area contributed by atoms with Crippen LogP contribution in [0.15, 0.2) is 4.99 Å². The molecule has 22 heavy (non-hydrogen) atoms. The molecule has 0 amide bonds. The van der Waals surface area contributed by atoms with Gasteiger partial charge in [0.15, 0.2) is 5.96 Å². The number of nitrogens with one attached hydrogen (secondary N) is 2. The van der Waals surface area contributed by atoms with E-state index < -0.39 is 0 Å². The van der Waals surface area contributed by atoms with Crippen LogP contribution in [0.4, 0.5) is 0 Å². The molecule has 1 saturated heterocycles. The van der Waals surface area contributed by atoms with Gasteiger partial charge in [0.25, 0.3) is 0 Å². The quantitative estimate of drug-likeness (QED) is 0.361. The van der Waals surface area contributed by atoms with Gasteiger partial charge in [-0.1, -0.05) is 13.8 Å². The van der Waals surface area contributed by atoms with Crippen LogP contribution < -0.4 is 10.6 Å². The highest BCUT2D eigenvalue weighted by Gasteiger charge is 2.24. The van der Waals surface area contributed by atoms with Gasteiger partial charge in [-0.2, -0.15) is 11.8 Å². The summed E-state index contributed by atoms with van der Waals surface area (Å²) in [6.07, 6.45) is 4.84. The van der Waals surface area contributed by atoms with E-state index in [0.29, 0.717) is 12.0 Å². The molecule has 0 aromatic carbocycles. The summed E-state index contributed by atoms with van der Waals surface area (Å²) in [4.78, 5) is 6.97. The molecule has 1 fully saturated rings. The molecule has 0 bridgehead atoms. The molecule has 1 aliphatic heterocycles. The molecule has 0 spiro atoms. The molecule has 2 N–H and O–H groups in total. The normalized spacial score (nSPS) is 18.2. The molecule has 0 aliphatic carbocycles. The molecule has 1 rings (SSSR count). The molecule has 1 atom stereocenters. The van der Waals surface area contributed by atoms with E-state index in [2.05, 4.69) is 54.5 Å². The first-order valence-electron chi connectivity index (χ1n) is 8.13. The fourth-order valence-corrected chi connectivity index (χ4v) is 2.87. The van der Waals surface area contributed by atoms with Crippen molar-refractivity contribution in [2.45, 2.75) is 51.3 Å². The summed E-state index contributed by atoms with van der Waals surface area (Å²) < 4.78 is 0.226. The Morgan fingerprint density at radius 3 is 2.27 bits per heavy atom. The van der Waals surface area contributed by atoms with Gasteiger partial charge in [0, 0.05) is 30.9 Å². The molecule has 0 saturated carbocycles. The van der Waals surface area contributed by atoms with Crippen LogP contribution in [0.5, 0.6) is 0 Å². The molecule has 6 heteroatoms. The van der Waals surface area contributed by atoms with Crippen molar-refractivity contribution in [3.05, 3.63) is 0 Å². The molecule has 132 valence electrons. The zero-order chi connectivity index (χ0) is 15.9. The highest BCUT2D eigenvalue weighted by Crippen LogP contribution is 2.19. The second-order valence-corrected chi connectivity index (χ2v) is 8.34. The van der Waals surface area contributed by atoms with Crippen LogP contribution in [0.2, 0.25) is 0 Å². The van der Waals surface area contributed by atoms with Gasteiger partial charge in [0.05, 0.1) is 0 Å². The Labute approximate surface area is 158 Å². The van der Waals surface area contributed by atoms with Crippen molar-refractivity contribution in [3.63, 3.8) is 0 Å². The second kappa shape index (κ2) is 11.0. The molecule has 0 radical (unpaired) electrons. The highest BCUT2D eigenvalue weighted by atomic mass is 127. The lowest BCUT2D eigenvalue weighted by atomic mass is 10.0. The van der Waals surface area contributed by atoms with Gasteiger partial charge in [0.1, 0.15) is 0 Å². The van der Waals surface area contributed by atoms with Gasteiger partial charge in [-0.25, -0.2) is 0 Å². The first-order valence-corrected chi connectivity index (χ1v) is 9.36. The van der Waals surface area contributed by atoms with Crippen LogP contribution in [-0.4, -0.2) is 61.1 Å². The van der Waals surface area contributed by atoms with E-state index in [-0.39, 0.29) is 28.7 Å². The molecule has 0 aromatic heterocycles.